The lowest BCUT2D eigenvalue weighted by molar-refractivity contribution is -0.290. The maximum atomic E-state index is 13.7. The minimum atomic E-state index is -5.55. The van der Waals surface area contributed by atoms with Gasteiger partial charge in [0.05, 0.1) is 5.57 Å². The van der Waals surface area contributed by atoms with Gasteiger partial charge in [-0.25, -0.2) is 0 Å². The topological polar surface area (TPSA) is 65.5 Å². The predicted molar refractivity (Wildman–Crippen MR) is 115 cm³/mol. The fourth-order valence-corrected chi connectivity index (χ4v) is 5.85. The maximum Gasteiger partial charge on any atom is 0.573 e. The van der Waals surface area contributed by atoms with Crippen molar-refractivity contribution in [1.29, 1.82) is 10.5 Å². The van der Waals surface area contributed by atoms with Crippen LogP contribution in [0, 0.1) is 35.8 Å². The molecule has 0 N–H and O–H groups in total. The lowest BCUT2D eigenvalue weighted by Crippen LogP contribution is -2.27. The zero-order valence-electron chi connectivity index (χ0n) is 18.3. The third kappa shape index (κ3) is 5.57. The Morgan fingerprint density at radius 3 is 1.68 bits per heavy atom. The summed E-state index contributed by atoms with van der Waals surface area (Å²) in [5.41, 5.74) is -13.5. The summed E-state index contributed by atoms with van der Waals surface area (Å²) in [6, 6.07) is 2.59. The Labute approximate surface area is 215 Å². The summed E-state index contributed by atoms with van der Waals surface area (Å²) in [7, 11) is 0. The van der Waals surface area contributed by atoms with Crippen molar-refractivity contribution in [3.63, 3.8) is 0 Å². The van der Waals surface area contributed by atoms with Crippen LogP contribution in [-0.2, 0) is 17.6 Å². The average molecular weight is 578 g/mol. The number of allylic oxidation sites excluding steroid dienone is 2. The predicted octanol–water partition coefficient (Wildman–Crippen LogP) is 6.23. The molecule has 16 heteroatoms. The Bertz CT molecular complexity index is 1570. The monoisotopic (exact) mass is 578 g/mol. The number of nitrogens with zero attached hydrogens (tertiary/aromatic N) is 4. The Morgan fingerprint density at radius 2 is 1.26 bits per heavy atom. The van der Waals surface area contributed by atoms with E-state index < -0.39 is 108 Å². The van der Waals surface area contributed by atoms with Gasteiger partial charge in [0.1, 0.15) is 36.6 Å². The molecule has 5 nitrogen and oxygen atoms in total. The summed E-state index contributed by atoms with van der Waals surface area (Å²) in [5, 5.41) is 17.1. The van der Waals surface area contributed by atoms with Crippen LogP contribution in [0.2, 0.25) is 0 Å². The molecule has 0 radical (unpaired) electrons. The summed E-state index contributed by atoms with van der Waals surface area (Å²) in [6.45, 7) is 15.5. The first-order chi connectivity index (χ1) is 17.5. The van der Waals surface area contributed by atoms with E-state index in [0.29, 0.717) is 0 Å². The first kappa shape index (κ1) is 28.8. The summed E-state index contributed by atoms with van der Waals surface area (Å²) in [4.78, 5) is 4.22. The molecule has 0 aromatic heterocycles. The Balaban J connectivity index is 2.71. The molecule has 38 heavy (non-hydrogen) atoms. The van der Waals surface area contributed by atoms with Crippen molar-refractivity contribution in [3.05, 3.63) is 66.9 Å². The highest BCUT2D eigenvalue weighted by molar-refractivity contribution is 8.00. The number of fused-ring (bicyclic) bond motifs is 2. The van der Waals surface area contributed by atoms with Gasteiger partial charge in [0.2, 0.25) is 0 Å². The number of nitriles is 2. The van der Waals surface area contributed by atoms with Crippen LogP contribution >= 0.6 is 23.5 Å². The number of hydrogen-bond acceptors (Lipinski definition) is 5. The number of thioether (sulfide) groups is 2. The molecule has 0 atom stereocenters. The molecule has 0 fully saturated rings. The zero-order chi connectivity index (χ0) is 28.8. The van der Waals surface area contributed by atoms with Crippen LogP contribution in [0.25, 0.3) is 21.0 Å². The Morgan fingerprint density at radius 1 is 0.816 bits per heavy atom. The average Bonchev–Trinajstić information content (AvgIpc) is 3.29. The van der Waals surface area contributed by atoms with Gasteiger partial charge in [-0.3, -0.25) is 0 Å². The molecule has 0 saturated heterocycles. The third-order valence-electron chi connectivity index (χ3n) is 5.30. The maximum absolute atomic E-state index is 13.7. The van der Waals surface area contributed by atoms with Gasteiger partial charge in [0, 0.05) is 27.0 Å². The molecule has 0 amide bonds. The number of benzene rings is 1. The molecule has 0 bridgehead atoms. The van der Waals surface area contributed by atoms with Crippen LogP contribution in [0.3, 0.4) is 0 Å². The smallest absolute Gasteiger partial charge is 0.405 e. The molecule has 1 aromatic carbocycles. The molecular formula is C22H7F9N4OS2. The Kier molecular flexibility index (Phi) is 7.48. The van der Waals surface area contributed by atoms with Crippen LogP contribution < -0.4 is 10.4 Å². The molecule has 3 rings (SSSR count). The molecule has 0 unspecified atom stereocenters. The van der Waals surface area contributed by atoms with Gasteiger partial charge < -0.3 is 4.74 Å². The molecule has 0 saturated carbocycles. The largest absolute Gasteiger partial charge is 0.573 e. The number of halogens is 9. The van der Waals surface area contributed by atoms with Crippen LogP contribution in [-0.4, -0.2) is 17.4 Å². The second-order valence-electron chi connectivity index (χ2n) is 7.42. The fourth-order valence-electron chi connectivity index (χ4n) is 4.10. The lowest BCUT2D eigenvalue weighted by atomic mass is 10.0. The Hall–Kier alpha value is -3.73. The number of ether oxygens (including phenoxy) is 1. The van der Waals surface area contributed by atoms with Gasteiger partial charge in [-0.05, 0) is 58.8 Å². The quantitative estimate of drug-likeness (QED) is 0.184. The van der Waals surface area contributed by atoms with Crippen molar-refractivity contribution >= 4 is 34.9 Å². The second kappa shape index (κ2) is 9.86. The lowest BCUT2D eigenvalue weighted by Gasteiger charge is -2.17. The van der Waals surface area contributed by atoms with E-state index >= 15 is 0 Å². The molecule has 2 aliphatic carbocycles. The molecule has 196 valence electrons. The van der Waals surface area contributed by atoms with Crippen LogP contribution in [0.15, 0.2) is 32.3 Å². The summed E-state index contributed by atoms with van der Waals surface area (Å²) < 4.78 is 126. The van der Waals surface area contributed by atoms with Crippen LogP contribution in [0.1, 0.15) is 18.1 Å². The van der Waals surface area contributed by atoms with Crippen molar-refractivity contribution in [3.8, 4) is 12.1 Å². The standard InChI is InChI=1S/C22H7F9N4OS2/c1-8-10(19(34-2)35-3)4-12-14(8)17(37-21(26,27)28)13-5-11(9(6-32)7-33)16(36-20(23,24)25)15(13)18(12)38-22(29,30)31/h4-5H2,1H3. The van der Waals surface area contributed by atoms with Crippen molar-refractivity contribution < 1.29 is 44.3 Å². The van der Waals surface area contributed by atoms with Crippen molar-refractivity contribution in [2.45, 2.75) is 46.9 Å². The first-order valence-electron chi connectivity index (χ1n) is 9.68. The van der Waals surface area contributed by atoms with Crippen molar-refractivity contribution in [1.82, 2.24) is 0 Å². The van der Waals surface area contributed by atoms with Gasteiger partial charge in [-0.2, -0.15) is 46.6 Å². The van der Waals surface area contributed by atoms with E-state index in [-0.39, 0.29) is 11.1 Å². The van der Waals surface area contributed by atoms with E-state index in [4.69, 9.17) is 13.1 Å². The van der Waals surface area contributed by atoms with Gasteiger partial charge in [-0.1, -0.05) is 0 Å². The van der Waals surface area contributed by atoms with Crippen LogP contribution in [0.4, 0.5) is 39.5 Å². The van der Waals surface area contributed by atoms with Gasteiger partial charge in [0.15, 0.2) is 0 Å². The van der Waals surface area contributed by atoms with E-state index in [1.54, 1.807) is 0 Å². The van der Waals surface area contributed by atoms with Gasteiger partial charge in [0.25, 0.3) is 0 Å². The second-order valence-corrected chi connectivity index (χ2v) is 9.57. The SMILES string of the molecule is [C-]#[N+]C([N+]#[C-])=C1Cc2c(SC(F)(F)F)c3c(c(SC(F)(F)F)c2=C1C)CC(=C(C#N)C#N)C=3OC(F)(F)F. The van der Waals surface area contributed by atoms with Gasteiger partial charge >= 0.3 is 23.2 Å². The van der Waals surface area contributed by atoms with Gasteiger partial charge in [-0.15, -0.1) is 13.2 Å². The minimum Gasteiger partial charge on any atom is -0.405 e. The first-order valence-corrected chi connectivity index (χ1v) is 11.3. The van der Waals surface area contributed by atoms with Crippen molar-refractivity contribution in [2.24, 2.45) is 0 Å². The van der Waals surface area contributed by atoms with Crippen LogP contribution in [0.5, 0.6) is 0 Å². The summed E-state index contributed by atoms with van der Waals surface area (Å²) >= 11 is -1.72. The van der Waals surface area contributed by atoms with E-state index in [2.05, 4.69) is 14.4 Å². The number of rotatable bonds is 3. The van der Waals surface area contributed by atoms with E-state index in [0.717, 1.165) is 0 Å². The number of alkyl halides is 9. The highest BCUT2D eigenvalue weighted by Gasteiger charge is 2.44. The molecular weight excluding hydrogens is 571 g/mol. The molecule has 1 aromatic rings. The molecule has 0 aliphatic heterocycles. The highest BCUT2D eigenvalue weighted by atomic mass is 32.2. The van der Waals surface area contributed by atoms with E-state index in [1.165, 1.54) is 19.1 Å². The summed E-state index contributed by atoms with van der Waals surface area (Å²) in [6.07, 6.45) is -7.15. The van der Waals surface area contributed by atoms with E-state index in [1.807, 2.05) is 0 Å². The fraction of sp³-hybridized carbons (Fsp3) is 0.273. The molecule has 0 heterocycles. The normalized spacial score (nSPS) is 14.8. The molecule has 2 aliphatic rings. The zero-order valence-corrected chi connectivity index (χ0v) is 20.0. The number of hydrogen-bond donors (Lipinski definition) is 0. The third-order valence-corrected chi connectivity index (χ3v) is 7.07. The van der Waals surface area contributed by atoms with Crippen molar-refractivity contribution in [2.75, 3.05) is 0 Å². The minimum absolute atomic E-state index is 0.128. The molecule has 0 spiro atoms. The highest BCUT2D eigenvalue weighted by Crippen LogP contribution is 2.46. The summed E-state index contributed by atoms with van der Waals surface area (Å²) in [5.74, 6) is -2.02. The van der Waals surface area contributed by atoms with E-state index in [9.17, 15) is 50.0 Å².